The van der Waals surface area contributed by atoms with E-state index in [9.17, 15) is 13.6 Å². The summed E-state index contributed by atoms with van der Waals surface area (Å²) in [6.07, 6.45) is 1.49. The highest BCUT2D eigenvalue weighted by molar-refractivity contribution is 7.80. The maximum absolute atomic E-state index is 13.5. The van der Waals surface area contributed by atoms with Gasteiger partial charge in [-0.2, -0.15) is 0 Å². The number of hydrogen-bond acceptors (Lipinski definition) is 3. The molecule has 0 radical (unpaired) electrons. The van der Waals surface area contributed by atoms with Gasteiger partial charge in [-0.3, -0.25) is 9.69 Å². The van der Waals surface area contributed by atoms with Crippen LogP contribution in [0, 0.1) is 11.6 Å². The summed E-state index contributed by atoms with van der Waals surface area (Å²) in [4.78, 5) is 14.5. The fraction of sp³-hybridized carbons (Fsp3) is 0.429. The number of piperidine rings is 1. The Labute approximate surface area is 127 Å². The first-order valence-electron chi connectivity index (χ1n) is 6.72. The molecule has 1 aromatic carbocycles. The number of nitrogens with zero attached hydrogens (tertiary/aromatic N) is 1. The van der Waals surface area contributed by atoms with Gasteiger partial charge in [-0.1, -0.05) is 12.2 Å². The van der Waals surface area contributed by atoms with Crippen molar-refractivity contribution in [1.82, 2.24) is 10.2 Å². The van der Waals surface area contributed by atoms with Gasteiger partial charge < -0.3 is 11.1 Å². The van der Waals surface area contributed by atoms with Gasteiger partial charge >= 0.3 is 0 Å². The summed E-state index contributed by atoms with van der Waals surface area (Å²) in [5.41, 5.74) is 5.35. The molecule has 114 valence electrons. The zero-order chi connectivity index (χ0) is 15.4. The van der Waals surface area contributed by atoms with Crippen molar-refractivity contribution in [2.24, 2.45) is 5.73 Å². The third kappa shape index (κ3) is 4.44. The third-order valence-corrected chi connectivity index (χ3v) is 3.61. The van der Waals surface area contributed by atoms with Crippen LogP contribution in [0.2, 0.25) is 0 Å². The van der Waals surface area contributed by atoms with Crippen LogP contribution < -0.4 is 11.1 Å². The van der Waals surface area contributed by atoms with E-state index in [0.717, 1.165) is 38.1 Å². The maximum Gasteiger partial charge on any atom is 0.254 e. The van der Waals surface area contributed by atoms with Crippen LogP contribution in [0.5, 0.6) is 0 Å². The van der Waals surface area contributed by atoms with E-state index >= 15 is 0 Å². The molecule has 0 saturated carbocycles. The number of nitrogens with two attached hydrogens (primary N) is 1. The van der Waals surface area contributed by atoms with E-state index in [4.69, 9.17) is 18.0 Å². The molecule has 3 N–H and O–H groups in total. The first-order chi connectivity index (χ1) is 9.95. The zero-order valence-corrected chi connectivity index (χ0v) is 12.3. The third-order valence-electron chi connectivity index (χ3n) is 3.48. The predicted octanol–water partition coefficient (Wildman–Crippen LogP) is 1.45. The number of benzene rings is 1. The minimum atomic E-state index is -0.849. The topological polar surface area (TPSA) is 58.4 Å². The van der Waals surface area contributed by atoms with Gasteiger partial charge in [0, 0.05) is 31.7 Å². The smallest absolute Gasteiger partial charge is 0.254 e. The number of thiocarbonyl (C=S) groups is 1. The van der Waals surface area contributed by atoms with E-state index in [1.54, 1.807) is 0 Å². The molecule has 1 aromatic rings. The molecule has 0 spiro atoms. The van der Waals surface area contributed by atoms with Crippen LogP contribution in [-0.2, 0) is 0 Å². The highest BCUT2D eigenvalue weighted by atomic mass is 32.1. The highest BCUT2D eigenvalue weighted by Gasteiger charge is 2.22. The average Bonchev–Trinajstić information content (AvgIpc) is 2.40. The van der Waals surface area contributed by atoms with Crippen molar-refractivity contribution < 1.29 is 13.6 Å². The van der Waals surface area contributed by atoms with Crippen LogP contribution in [-0.4, -0.2) is 41.5 Å². The van der Waals surface area contributed by atoms with Gasteiger partial charge in [0.05, 0.1) is 10.6 Å². The number of halogens is 2. The lowest BCUT2D eigenvalue weighted by molar-refractivity contribution is 0.0910. The molecular formula is C14H17F2N3OS. The summed E-state index contributed by atoms with van der Waals surface area (Å²) in [5, 5.41) is 2.78. The molecule has 0 aromatic heterocycles. The molecule has 0 unspecified atom stereocenters. The zero-order valence-electron chi connectivity index (χ0n) is 11.4. The lowest BCUT2D eigenvalue weighted by Gasteiger charge is -2.31. The molecule has 1 aliphatic heterocycles. The van der Waals surface area contributed by atoms with Crippen molar-refractivity contribution in [2.45, 2.75) is 18.9 Å². The SMILES string of the molecule is NC(=S)CN1CCC(NC(=O)c2ccc(F)cc2F)CC1. The molecule has 1 heterocycles. The molecular weight excluding hydrogens is 296 g/mol. The molecule has 4 nitrogen and oxygen atoms in total. The largest absolute Gasteiger partial charge is 0.392 e. The van der Waals surface area contributed by atoms with E-state index in [1.165, 1.54) is 0 Å². The number of rotatable bonds is 4. The van der Waals surface area contributed by atoms with Gasteiger partial charge in [0.25, 0.3) is 5.91 Å². The Morgan fingerprint density at radius 2 is 2.05 bits per heavy atom. The van der Waals surface area contributed by atoms with Gasteiger partial charge in [0.1, 0.15) is 11.6 Å². The normalized spacial score (nSPS) is 16.7. The molecule has 21 heavy (non-hydrogen) atoms. The number of hydrogen-bond donors (Lipinski definition) is 2. The van der Waals surface area contributed by atoms with E-state index in [-0.39, 0.29) is 11.6 Å². The number of carbonyl (C=O) groups is 1. The standard InChI is InChI=1S/C14H17F2N3OS/c15-9-1-2-11(12(16)7-9)14(20)18-10-3-5-19(6-4-10)8-13(17)21/h1-2,7,10H,3-6,8H2,(H2,17,21)(H,18,20). The second-order valence-corrected chi connectivity index (χ2v) is 5.64. The van der Waals surface area contributed by atoms with Gasteiger partial charge in [-0.25, -0.2) is 8.78 Å². The summed E-state index contributed by atoms with van der Waals surface area (Å²) in [6.45, 7) is 2.12. The quantitative estimate of drug-likeness (QED) is 0.826. The fourth-order valence-electron chi connectivity index (χ4n) is 2.39. The van der Waals surface area contributed by atoms with Crippen molar-refractivity contribution in [3.63, 3.8) is 0 Å². The fourth-order valence-corrected chi connectivity index (χ4v) is 2.58. The molecule has 1 amide bonds. The van der Waals surface area contributed by atoms with Gasteiger partial charge in [0.15, 0.2) is 0 Å². The van der Waals surface area contributed by atoms with Crippen LogP contribution in [0.15, 0.2) is 18.2 Å². The van der Waals surface area contributed by atoms with E-state index in [2.05, 4.69) is 10.2 Å². The monoisotopic (exact) mass is 313 g/mol. The van der Waals surface area contributed by atoms with Crippen molar-refractivity contribution in [1.29, 1.82) is 0 Å². The van der Waals surface area contributed by atoms with Crippen molar-refractivity contribution in [2.75, 3.05) is 19.6 Å². The van der Waals surface area contributed by atoms with Crippen LogP contribution >= 0.6 is 12.2 Å². The van der Waals surface area contributed by atoms with E-state index in [1.807, 2.05) is 0 Å². The molecule has 1 fully saturated rings. The summed E-state index contributed by atoms with van der Waals surface area (Å²) >= 11 is 4.86. The first kappa shape index (κ1) is 15.8. The molecule has 0 bridgehead atoms. The van der Waals surface area contributed by atoms with Crippen molar-refractivity contribution >= 4 is 23.1 Å². The van der Waals surface area contributed by atoms with Crippen LogP contribution in [0.4, 0.5) is 8.78 Å². The van der Waals surface area contributed by atoms with Gasteiger partial charge in [-0.05, 0) is 25.0 Å². The molecule has 1 saturated heterocycles. The predicted molar refractivity (Wildman–Crippen MR) is 80.1 cm³/mol. The molecule has 1 aliphatic rings. The number of likely N-dealkylation sites (tertiary alicyclic amines) is 1. The molecule has 2 rings (SSSR count). The molecule has 0 aliphatic carbocycles. The van der Waals surface area contributed by atoms with E-state index in [0.29, 0.717) is 17.6 Å². The Kier molecular flexibility index (Phi) is 5.19. The second-order valence-electron chi connectivity index (χ2n) is 5.11. The Balaban J connectivity index is 1.88. The number of carbonyl (C=O) groups excluding carboxylic acids is 1. The van der Waals surface area contributed by atoms with Crippen LogP contribution in [0.3, 0.4) is 0 Å². The van der Waals surface area contributed by atoms with Gasteiger partial charge in [0.2, 0.25) is 0 Å². The highest BCUT2D eigenvalue weighted by Crippen LogP contribution is 2.13. The number of nitrogens with one attached hydrogen (secondary N) is 1. The Morgan fingerprint density at radius 1 is 1.38 bits per heavy atom. The summed E-state index contributed by atoms with van der Waals surface area (Å²) in [7, 11) is 0. The van der Waals surface area contributed by atoms with Crippen molar-refractivity contribution in [3.8, 4) is 0 Å². The molecule has 7 heteroatoms. The Hall–Kier alpha value is -1.60. The summed E-state index contributed by atoms with van der Waals surface area (Å²) in [5.74, 6) is -2.06. The van der Waals surface area contributed by atoms with E-state index < -0.39 is 17.5 Å². The Bertz CT molecular complexity index is 545. The minimum Gasteiger partial charge on any atom is -0.392 e. The maximum atomic E-state index is 13.5. The molecule has 0 atom stereocenters. The van der Waals surface area contributed by atoms with Crippen LogP contribution in [0.1, 0.15) is 23.2 Å². The second kappa shape index (κ2) is 6.91. The summed E-state index contributed by atoms with van der Waals surface area (Å²) < 4.78 is 26.3. The number of amides is 1. The van der Waals surface area contributed by atoms with Crippen molar-refractivity contribution in [3.05, 3.63) is 35.4 Å². The first-order valence-corrected chi connectivity index (χ1v) is 7.13. The minimum absolute atomic E-state index is 0.0236. The lowest BCUT2D eigenvalue weighted by Crippen LogP contribution is -2.46. The van der Waals surface area contributed by atoms with Gasteiger partial charge in [-0.15, -0.1) is 0 Å². The Morgan fingerprint density at radius 3 is 2.62 bits per heavy atom. The van der Waals surface area contributed by atoms with Crippen LogP contribution in [0.25, 0.3) is 0 Å². The average molecular weight is 313 g/mol. The summed E-state index contributed by atoms with van der Waals surface area (Å²) in [6, 6.07) is 2.91. The lowest BCUT2D eigenvalue weighted by atomic mass is 10.0.